The Morgan fingerprint density at radius 3 is 2.00 bits per heavy atom. The molecule has 0 spiro atoms. The zero-order valence-corrected chi connectivity index (χ0v) is 16.8. The van der Waals surface area contributed by atoms with E-state index in [1.807, 2.05) is 6.07 Å². The highest BCUT2D eigenvalue weighted by Gasteiger charge is 2.16. The van der Waals surface area contributed by atoms with E-state index in [0.717, 1.165) is 10.6 Å². The van der Waals surface area contributed by atoms with Gasteiger partial charge in [0.05, 0.1) is 17.6 Å². The number of carbonyl (C=O) groups excluding carboxylic acids is 2. The zero-order chi connectivity index (χ0) is 21.0. The Morgan fingerprint density at radius 2 is 1.38 bits per heavy atom. The van der Waals surface area contributed by atoms with Crippen LogP contribution in [0.4, 0.5) is 11.4 Å². The molecule has 0 bridgehead atoms. The number of rotatable bonds is 6. The fourth-order valence-corrected chi connectivity index (χ4v) is 3.25. The number of amides is 1. The first kappa shape index (κ1) is 20.3. The molecule has 0 atom stereocenters. The van der Waals surface area contributed by atoms with Crippen LogP contribution < -0.4 is 9.62 Å². The summed E-state index contributed by atoms with van der Waals surface area (Å²) in [6, 6.07) is 21.8. The number of para-hydroxylation sites is 1. The number of carbonyl (C=O) groups is 2. The molecule has 0 unspecified atom stereocenters. The minimum Gasteiger partial charge on any atom is -0.321 e. The molecule has 3 aromatic carbocycles. The van der Waals surface area contributed by atoms with Crippen molar-refractivity contribution in [1.82, 2.24) is 0 Å². The molecule has 6 nitrogen and oxygen atoms in total. The lowest BCUT2D eigenvalue weighted by Gasteiger charge is -2.17. The minimum absolute atomic E-state index is 0.188. The van der Waals surface area contributed by atoms with Crippen molar-refractivity contribution < 1.29 is 18.0 Å². The fourth-order valence-electron chi connectivity index (χ4n) is 2.74. The summed E-state index contributed by atoms with van der Waals surface area (Å²) in [5.41, 5.74) is 2.12. The van der Waals surface area contributed by atoms with Crippen LogP contribution in [0.2, 0.25) is 0 Å². The average Bonchev–Trinajstić information content (AvgIpc) is 2.73. The van der Waals surface area contributed by atoms with Crippen molar-refractivity contribution in [3.63, 3.8) is 0 Å². The number of hydrogen-bond donors (Lipinski definition) is 1. The number of anilines is 2. The predicted octanol–water partition coefficient (Wildman–Crippen LogP) is 3.57. The first-order valence-electron chi connectivity index (χ1n) is 8.81. The molecule has 0 aliphatic carbocycles. The molecule has 1 amide bonds. The molecule has 7 heteroatoms. The molecule has 0 radical (unpaired) electrons. The zero-order valence-electron chi connectivity index (χ0n) is 16.0. The van der Waals surface area contributed by atoms with Crippen molar-refractivity contribution >= 4 is 33.1 Å². The van der Waals surface area contributed by atoms with E-state index < -0.39 is 15.9 Å². The Balaban J connectivity index is 1.82. The normalized spacial score (nSPS) is 11.0. The van der Waals surface area contributed by atoms with Gasteiger partial charge in [-0.1, -0.05) is 42.5 Å². The molecule has 0 heterocycles. The van der Waals surface area contributed by atoms with Crippen molar-refractivity contribution in [2.24, 2.45) is 0 Å². The van der Waals surface area contributed by atoms with Crippen molar-refractivity contribution in [2.45, 2.75) is 0 Å². The van der Waals surface area contributed by atoms with E-state index in [4.69, 9.17) is 0 Å². The third-order valence-corrected chi connectivity index (χ3v) is 5.65. The third kappa shape index (κ3) is 4.70. The lowest BCUT2D eigenvalue weighted by Crippen LogP contribution is -2.24. The minimum atomic E-state index is -3.38. The number of benzene rings is 3. The molecule has 0 aliphatic rings. The Kier molecular flexibility index (Phi) is 5.79. The average molecular weight is 408 g/mol. The standard InChI is InChI=1S/C22H20N2O4S/c1-24(29(2,27)28)18-14-12-17(13-15-18)22(26)23-20-11-7-6-10-19(20)21(25)16-8-4-3-5-9-16/h3-15H,1-2H3,(H,23,26). The highest BCUT2D eigenvalue weighted by Crippen LogP contribution is 2.21. The van der Waals surface area contributed by atoms with Crippen LogP contribution in [0.1, 0.15) is 26.3 Å². The van der Waals surface area contributed by atoms with E-state index in [-0.39, 0.29) is 5.78 Å². The van der Waals surface area contributed by atoms with Gasteiger partial charge >= 0.3 is 0 Å². The van der Waals surface area contributed by atoms with Gasteiger partial charge in [0.1, 0.15) is 0 Å². The van der Waals surface area contributed by atoms with Gasteiger partial charge in [-0.25, -0.2) is 8.42 Å². The maximum absolute atomic E-state index is 12.8. The largest absolute Gasteiger partial charge is 0.321 e. The summed E-state index contributed by atoms with van der Waals surface area (Å²) in [5.74, 6) is -0.585. The smallest absolute Gasteiger partial charge is 0.255 e. The monoisotopic (exact) mass is 408 g/mol. The summed E-state index contributed by atoms with van der Waals surface area (Å²) >= 11 is 0. The number of hydrogen-bond acceptors (Lipinski definition) is 4. The molecule has 0 aliphatic heterocycles. The lowest BCUT2D eigenvalue weighted by atomic mass is 10.0. The van der Waals surface area contributed by atoms with Gasteiger partial charge < -0.3 is 5.32 Å². The molecule has 0 aromatic heterocycles. The summed E-state index contributed by atoms with van der Waals surface area (Å²) in [7, 11) is -1.94. The number of nitrogens with one attached hydrogen (secondary N) is 1. The molecular formula is C22H20N2O4S. The summed E-state index contributed by atoms with van der Waals surface area (Å²) in [6.45, 7) is 0. The van der Waals surface area contributed by atoms with Gasteiger partial charge in [-0.05, 0) is 36.4 Å². The van der Waals surface area contributed by atoms with Gasteiger partial charge in [0.25, 0.3) is 5.91 Å². The van der Waals surface area contributed by atoms with Gasteiger partial charge in [-0.3, -0.25) is 13.9 Å². The van der Waals surface area contributed by atoms with E-state index in [9.17, 15) is 18.0 Å². The second-order valence-electron chi connectivity index (χ2n) is 6.47. The maximum atomic E-state index is 12.8. The van der Waals surface area contributed by atoms with Gasteiger partial charge in [0, 0.05) is 23.7 Å². The molecule has 29 heavy (non-hydrogen) atoms. The van der Waals surface area contributed by atoms with Crippen molar-refractivity contribution in [1.29, 1.82) is 0 Å². The van der Waals surface area contributed by atoms with Crippen LogP contribution in [-0.2, 0) is 10.0 Å². The summed E-state index contributed by atoms with van der Waals surface area (Å²) in [5, 5.41) is 2.76. The Bertz CT molecular complexity index is 1140. The molecular weight excluding hydrogens is 388 g/mol. The van der Waals surface area contributed by atoms with E-state index in [1.165, 1.54) is 19.2 Å². The fraction of sp³-hybridized carbons (Fsp3) is 0.0909. The van der Waals surface area contributed by atoms with E-state index in [2.05, 4.69) is 5.32 Å². The van der Waals surface area contributed by atoms with Crippen LogP contribution in [0, 0.1) is 0 Å². The molecule has 0 fully saturated rings. The topological polar surface area (TPSA) is 83.6 Å². The Labute approximate surface area is 169 Å². The Morgan fingerprint density at radius 1 is 0.793 bits per heavy atom. The third-order valence-electron chi connectivity index (χ3n) is 4.45. The van der Waals surface area contributed by atoms with Gasteiger partial charge in [-0.15, -0.1) is 0 Å². The van der Waals surface area contributed by atoms with Crippen molar-refractivity contribution in [2.75, 3.05) is 22.9 Å². The number of ketones is 1. The molecule has 1 N–H and O–H groups in total. The summed E-state index contributed by atoms with van der Waals surface area (Å²) in [6.07, 6.45) is 1.11. The van der Waals surface area contributed by atoms with E-state index in [0.29, 0.717) is 28.1 Å². The second kappa shape index (κ2) is 8.28. The van der Waals surface area contributed by atoms with E-state index in [1.54, 1.807) is 60.7 Å². The van der Waals surface area contributed by atoms with Crippen molar-refractivity contribution in [3.05, 3.63) is 95.6 Å². The van der Waals surface area contributed by atoms with Crippen LogP contribution in [-0.4, -0.2) is 33.4 Å². The van der Waals surface area contributed by atoms with Crippen LogP contribution >= 0.6 is 0 Å². The SMILES string of the molecule is CN(c1ccc(C(=O)Nc2ccccc2C(=O)c2ccccc2)cc1)S(C)(=O)=O. The molecule has 0 saturated heterocycles. The predicted molar refractivity (Wildman–Crippen MR) is 114 cm³/mol. The van der Waals surface area contributed by atoms with Gasteiger partial charge in [0.15, 0.2) is 5.78 Å². The van der Waals surface area contributed by atoms with Gasteiger partial charge in [-0.2, -0.15) is 0 Å². The molecule has 3 rings (SSSR count). The number of nitrogens with zero attached hydrogens (tertiary/aromatic N) is 1. The molecule has 3 aromatic rings. The first-order valence-corrected chi connectivity index (χ1v) is 10.7. The van der Waals surface area contributed by atoms with Gasteiger partial charge in [0.2, 0.25) is 10.0 Å². The van der Waals surface area contributed by atoms with Crippen molar-refractivity contribution in [3.8, 4) is 0 Å². The van der Waals surface area contributed by atoms with Crippen LogP contribution in [0.25, 0.3) is 0 Å². The first-order chi connectivity index (χ1) is 13.8. The maximum Gasteiger partial charge on any atom is 0.255 e. The quantitative estimate of drug-likeness (QED) is 0.632. The summed E-state index contributed by atoms with van der Waals surface area (Å²) < 4.78 is 24.4. The highest BCUT2D eigenvalue weighted by atomic mass is 32.2. The summed E-state index contributed by atoms with van der Waals surface area (Å²) in [4.78, 5) is 25.4. The van der Waals surface area contributed by atoms with E-state index >= 15 is 0 Å². The van der Waals surface area contributed by atoms with Crippen LogP contribution in [0.3, 0.4) is 0 Å². The molecule has 148 valence electrons. The number of sulfonamides is 1. The Hall–Kier alpha value is -3.45. The molecule has 0 saturated carbocycles. The second-order valence-corrected chi connectivity index (χ2v) is 8.49. The van der Waals surface area contributed by atoms with Crippen LogP contribution in [0.5, 0.6) is 0 Å². The highest BCUT2D eigenvalue weighted by molar-refractivity contribution is 7.92. The lowest BCUT2D eigenvalue weighted by molar-refractivity contribution is 0.102. The van der Waals surface area contributed by atoms with Crippen LogP contribution in [0.15, 0.2) is 78.9 Å².